The molecule has 0 N–H and O–H groups in total. The van der Waals surface area contributed by atoms with E-state index in [2.05, 4.69) is 11.0 Å². The molecular formula is C22H28N2O3. The van der Waals surface area contributed by atoms with Gasteiger partial charge in [-0.15, -0.1) is 0 Å². The first kappa shape index (κ1) is 19.2. The van der Waals surface area contributed by atoms with Crippen molar-refractivity contribution in [1.82, 2.24) is 9.80 Å². The van der Waals surface area contributed by atoms with Gasteiger partial charge in [-0.25, -0.2) is 0 Å². The molecule has 5 heteroatoms. The quantitative estimate of drug-likeness (QED) is 0.786. The van der Waals surface area contributed by atoms with E-state index in [1.165, 1.54) is 5.56 Å². The van der Waals surface area contributed by atoms with E-state index in [0.717, 1.165) is 61.8 Å². The average molecular weight is 368 g/mol. The van der Waals surface area contributed by atoms with Gasteiger partial charge in [0.05, 0.1) is 14.2 Å². The van der Waals surface area contributed by atoms with Crippen LogP contribution in [0.5, 0.6) is 11.5 Å². The summed E-state index contributed by atoms with van der Waals surface area (Å²) in [4.78, 5) is 17.0. The highest BCUT2D eigenvalue weighted by Crippen LogP contribution is 2.27. The van der Waals surface area contributed by atoms with Gasteiger partial charge in [-0.2, -0.15) is 0 Å². The lowest BCUT2D eigenvalue weighted by molar-refractivity contribution is 0.0638. The number of hydrogen-bond acceptors (Lipinski definition) is 4. The zero-order chi connectivity index (χ0) is 19.2. The van der Waals surface area contributed by atoms with Crippen LogP contribution in [0.25, 0.3) is 0 Å². The summed E-state index contributed by atoms with van der Waals surface area (Å²) in [6.45, 7) is 6.36. The van der Waals surface area contributed by atoms with Crippen LogP contribution in [0.15, 0.2) is 42.5 Å². The molecule has 0 radical (unpaired) electrons. The maximum absolute atomic E-state index is 12.7. The predicted molar refractivity (Wildman–Crippen MR) is 107 cm³/mol. The first-order chi connectivity index (χ1) is 13.1. The number of amides is 1. The number of carbonyl (C=O) groups is 1. The molecule has 0 unspecified atom stereocenters. The summed E-state index contributed by atoms with van der Waals surface area (Å²) in [5.41, 5.74) is 3.13. The first-order valence-electron chi connectivity index (χ1n) is 9.40. The van der Waals surface area contributed by atoms with E-state index in [-0.39, 0.29) is 5.91 Å². The van der Waals surface area contributed by atoms with E-state index < -0.39 is 0 Å². The highest BCUT2D eigenvalue weighted by atomic mass is 16.5. The summed E-state index contributed by atoms with van der Waals surface area (Å²) in [6, 6.07) is 13.9. The number of methoxy groups -OCH3 is 2. The standard InChI is InChI=1S/C22H28N2O3/c1-17-5-4-6-19(15-17)22(25)24-13-11-23(12-14-24)10-9-18-7-8-20(26-2)21(16-18)27-3/h4-8,15-16H,9-14H2,1-3H3. The van der Waals surface area contributed by atoms with Gasteiger partial charge in [-0.3, -0.25) is 9.69 Å². The minimum absolute atomic E-state index is 0.137. The predicted octanol–water partition coefficient (Wildman–Crippen LogP) is 3.01. The van der Waals surface area contributed by atoms with Gasteiger partial charge >= 0.3 is 0 Å². The zero-order valence-electron chi connectivity index (χ0n) is 16.4. The van der Waals surface area contributed by atoms with Crippen molar-refractivity contribution in [3.63, 3.8) is 0 Å². The number of benzene rings is 2. The molecule has 0 aliphatic carbocycles. The van der Waals surface area contributed by atoms with E-state index in [1.54, 1.807) is 14.2 Å². The molecule has 0 atom stereocenters. The van der Waals surface area contributed by atoms with E-state index in [4.69, 9.17) is 9.47 Å². The highest BCUT2D eigenvalue weighted by molar-refractivity contribution is 5.94. The molecule has 1 heterocycles. The molecule has 2 aromatic rings. The van der Waals surface area contributed by atoms with Crippen LogP contribution in [-0.2, 0) is 6.42 Å². The second-order valence-electron chi connectivity index (χ2n) is 6.94. The van der Waals surface area contributed by atoms with Crippen LogP contribution < -0.4 is 9.47 Å². The number of rotatable bonds is 6. The molecule has 1 amide bonds. The van der Waals surface area contributed by atoms with Crippen molar-refractivity contribution in [3.05, 3.63) is 59.2 Å². The van der Waals surface area contributed by atoms with Gasteiger partial charge in [-0.05, 0) is 43.2 Å². The van der Waals surface area contributed by atoms with E-state index in [9.17, 15) is 4.79 Å². The molecule has 1 aliphatic heterocycles. The third kappa shape index (κ3) is 4.80. The molecule has 0 aromatic heterocycles. The third-order valence-corrected chi connectivity index (χ3v) is 5.09. The highest BCUT2D eigenvalue weighted by Gasteiger charge is 2.22. The Kier molecular flexibility index (Phi) is 6.35. The SMILES string of the molecule is COc1ccc(CCN2CCN(C(=O)c3cccc(C)c3)CC2)cc1OC. The van der Waals surface area contributed by atoms with Gasteiger partial charge in [-0.1, -0.05) is 23.8 Å². The van der Waals surface area contributed by atoms with Crippen LogP contribution >= 0.6 is 0 Å². The van der Waals surface area contributed by atoms with E-state index in [0.29, 0.717) is 0 Å². The Morgan fingerprint density at radius 3 is 2.37 bits per heavy atom. The zero-order valence-corrected chi connectivity index (χ0v) is 16.4. The van der Waals surface area contributed by atoms with Crippen LogP contribution in [0.4, 0.5) is 0 Å². The normalized spacial score (nSPS) is 14.9. The smallest absolute Gasteiger partial charge is 0.253 e. The number of aryl methyl sites for hydroxylation is 1. The van der Waals surface area contributed by atoms with Crippen LogP contribution in [0.3, 0.4) is 0 Å². The topological polar surface area (TPSA) is 42.0 Å². The number of nitrogens with zero attached hydrogens (tertiary/aromatic N) is 2. The summed E-state index contributed by atoms with van der Waals surface area (Å²) in [7, 11) is 3.31. The molecule has 3 rings (SSSR count). The first-order valence-corrected chi connectivity index (χ1v) is 9.40. The lowest BCUT2D eigenvalue weighted by Crippen LogP contribution is -2.49. The van der Waals surface area contributed by atoms with Gasteiger partial charge in [0.15, 0.2) is 11.5 Å². The minimum Gasteiger partial charge on any atom is -0.493 e. The summed E-state index contributed by atoms with van der Waals surface area (Å²) in [5, 5.41) is 0. The lowest BCUT2D eigenvalue weighted by Gasteiger charge is -2.34. The molecule has 144 valence electrons. The monoisotopic (exact) mass is 368 g/mol. The summed E-state index contributed by atoms with van der Waals surface area (Å²) < 4.78 is 10.7. The Morgan fingerprint density at radius 2 is 1.70 bits per heavy atom. The number of hydrogen-bond donors (Lipinski definition) is 0. The Morgan fingerprint density at radius 1 is 0.963 bits per heavy atom. The fourth-order valence-electron chi connectivity index (χ4n) is 3.46. The molecule has 0 bridgehead atoms. The fraction of sp³-hybridized carbons (Fsp3) is 0.409. The van der Waals surface area contributed by atoms with Gasteiger partial charge < -0.3 is 14.4 Å². The maximum atomic E-state index is 12.7. The number of piperazine rings is 1. The Hall–Kier alpha value is -2.53. The Labute approximate surface area is 161 Å². The molecule has 0 spiro atoms. The average Bonchev–Trinajstić information content (AvgIpc) is 2.71. The van der Waals surface area contributed by atoms with Gasteiger partial charge in [0, 0.05) is 38.3 Å². The largest absolute Gasteiger partial charge is 0.493 e. The van der Waals surface area contributed by atoms with Gasteiger partial charge in [0.25, 0.3) is 5.91 Å². The number of ether oxygens (including phenoxy) is 2. The van der Waals surface area contributed by atoms with Crippen molar-refractivity contribution < 1.29 is 14.3 Å². The van der Waals surface area contributed by atoms with Crippen LogP contribution in [-0.4, -0.2) is 62.7 Å². The molecule has 0 saturated carbocycles. The van der Waals surface area contributed by atoms with E-state index >= 15 is 0 Å². The molecule has 1 fully saturated rings. The summed E-state index contributed by atoms with van der Waals surface area (Å²) in [5.74, 6) is 1.66. The number of carbonyl (C=O) groups excluding carboxylic acids is 1. The Bertz CT molecular complexity index is 783. The van der Waals surface area contributed by atoms with Crippen LogP contribution in [0.2, 0.25) is 0 Å². The molecule has 1 saturated heterocycles. The van der Waals surface area contributed by atoms with Crippen LogP contribution in [0, 0.1) is 6.92 Å². The van der Waals surface area contributed by atoms with Crippen molar-refractivity contribution in [3.8, 4) is 11.5 Å². The molecule has 5 nitrogen and oxygen atoms in total. The van der Waals surface area contributed by atoms with Gasteiger partial charge in [0.1, 0.15) is 0 Å². The van der Waals surface area contributed by atoms with Crippen molar-refractivity contribution in [2.75, 3.05) is 46.9 Å². The van der Waals surface area contributed by atoms with Gasteiger partial charge in [0.2, 0.25) is 0 Å². The van der Waals surface area contributed by atoms with Crippen molar-refractivity contribution in [2.24, 2.45) is 0 Å². The molecule has 1 aliphatic rings. The summed E-state index contributed by atoms with van der Waals surface area (Å²) >= 11 is 0. The minimum atomic E-state index is 0.137. The second kappa shape index (κ2) is 8.91. The third-order valence-electron chi connectivity index (χ3n) is 5.09. The molecular weight excluding hydrogens is 340 g/mol. The van der Waals surface area contributed by atoms with Crippen molar-refractivity contribution in [1.29, 1.82) is 0 Å². The van der Waals surface area contributed by atoms with Crippen molar-refractivity contribution >= 4 is 5.91 Å². The molecule has 2 aromatic carbocycles. The lowest BCUT2D eigenvalue weighted by atomic mass is 10.1. The Balaban J connectivity index is 1.50. The van der Waals surface area contributed by atoms with E-state index in [1.807, 2.05) is 48.2 Å². The second-order valence-corrected chi connectivity index (χ2v) is 6.94. The van der Waals surface area contributed by atoms with Crippen LogP contribution in [0.1, 0.15) is 21.5 Å². The van der Waals surface area contributed by atoms with Crippen molar-refractivity contribution in [2.45, 2.75) is 13.3 Å². The maximum Gasteiger partial charge on any atom is 0.253 e. The fourth-order valence-corrected chi connectivity index (χ4v) is 3.46. The molecule has 27 heavy (non-hydrogen) atoms. The summed E-state index contributed by atoms with van der Waals surface area (Å²) in [6.07, 6.45) is 0.951.